The van der Waals surface area contributed by atoms with Gasteiger partial charge in [0.05, 0.1) is 10.4 Å². The first-order chi connectivity index (χ1) is 10.6. The normalized spacial score (nSPS) is 10.6. The molecule has 0 aliphatic heterocycles. The van der Waals surface area contributed by atoms with Gasteiger partial charge < -0.3 is 5.32 Å². The minimum absolute atomic E-state index is 0.0110. The molecule has 0 spiro atoms. The van der Waals surface area contributed by atoms with Crippen molar-refractivity contribution in [2.45, 2.75) is 6.54 Å². The quantitative estimate of drug-likeness (QED) is 0.585. The molecule has 0 unspecified atom stereocenters. The number of benzene rings is 2. The van der Waals surface area contributed by atoms with Crippen molar-refractivity contribution in [2.75, 3.05) is 5.32 Å². The van der Waals surface area contributed by atoms with E-state index in [0.29, 0.717) is 28.3 Å². The summed E-state index contributed by atoms with van der Waals surface area (Å²) in [7, 11) is 0. The van der Waals surface area contributed by atoms with Crippen molar-refractivity contribution in [3.8, 4) is 0 Å². The number of non-ortho nitro benzene ring substituents is 1. The molecule has 1 aromatic heterocycles. The van der Waals surface area contributed by atoms with Crippen LogP contribution in [0.3, 0.4) is 0 Å². The monoisotopic (exact) mass is 314 g/mol. The summed E-state index contributed by atoms with van der Waals surface area (Å²) in [5.41, 5.74) is 1.69. The van der Waals surface area contributed by atoms with Crippen molar-refractivity contribution < 1.29 is 4.92 Å². The molecule has 110 valence electrons. The summed E-state index contributed by atoms with van der Waals surface area (Å²) in [5, 5.41) is 15.4. The molecule has 0 amide bonds. The van der Waals surface area contributed by atoms with Crippen molar-refractivity contribution >= 4 is 34.0 Å². The smallest absolute Gasteiger partial charge is 0.270 e. The van der Waals surface area contributed by atoms with Gasteiger partial charge in [-0.3, -0.25) is 10.1 Å². The first kappa shape index (κ1) is 14.2. The topological polar surface area (TPSA) is 81.0 Å². The van der Waals surface area contributed by atoms with Gasteiger partial charge in [-0.2, -0.15) is 0 Å². The lowest BCUT2D eigenvalue weighted by atomic mass is 10.2. The molecule has 0 aliphatic rings. The molecule has 7 heteroatoms. The Hall–Kier alpha value is -2.73. The van der Waals surface area contributed by atoms with Gasteiger partial charge in [0, 0.05) is 29.1 Å². The van der Waals surface area contributed by atoms with Crippen LogP contribution in [0.1, 0.15) is 5.56 Å². The largest absolute Gasteiger partial charge is 0.365 e. The number of hydrogen-bond donors (Lipinski definition) is 1. The molecular formula is C15H11ClN4O2. The maximum Gasteiger partial charge on any atom is 0.270 e. The highest BCUT2D eigenvalue weighted by molar-refractivity contribution is 6.30. The van der Waals surface area contributed by atoms with Gasteiger partial charge in [0.15, 0.2) is 0 Å². The maximum absolute atomic E-state index is 10.9. The van der Waals surface area contributed by atoms with E-state index < -0.39 is 4.92 Å². The van der Waals surface area contributed by atoms with Crippen LogP contribution in [-0.4, -0.2) is 14.9 Å². The molecule has 0 saturated carbocycles. The number of halogens is 1. The third kappa shape index (κ3) is 2.96. The molecule has 0 fully saturated rings. The van der Waals surface area contributed by atoms with Crippen molar-refractivity contribution in [1.29, 1.82) is 0 Å². The molecule has 22 heavy (non-hydrogen) atoms. The zero-order valence-corrected chi connectivity index (χ0v) is 12.1. The molecule has 0 saturated heterocycles. The van der Waals surface area contributed by atoms with Gasteiger partial charge in [0.1, 0.15) is 12.1 Å². The summed E-state index contributed by atoms with van der Waals surface area (Å²) in [4.78, 5) is 18.8. The average molecular weight is 315 g/mol. The summed E-state index contributed by atoms with van der Waals surface area (Å²) >= 11 is 5.85. The molecule has 3 rings (SSSR count). The zero-order valence-electron chi connectivity index (χ0n) is 11.4. The molecule has 0 atom stereocenters. The van der Waals surface area contributed by atoms with Gasteiger partial charge in [-0.15, -0.1) is 0 Å². The Morgan fingerprint density at radius 2 is 1.91 bits per heavy atom. The van der Waals surface area contributed by atoms with Crippen LogP contribution in [0.2, 0.25) is 5.02 Å². The Morgan fingerprint density at radius 1 is 1.14 bits per heavy atom. The fourth-order valence-corrected chi connectivity index (χ4v) is 2.21. The number of fused-ring (bicyclic) bond motifs is 1. The molecule has 3 aromatic rings. The number of nitro benzene ring substituents is 1. The third-order valence-corrected chi connectivity index (χ3v) is 3.45. The second-order valence-electron chi connectivity index (χ2n) is 4.66. The average Bonchev–Trinajstić information content (AvgIpc) is 2.53. The van der Waals surface area contributed by atoms with E-state index in [2.05, 4.69) is 15.3 Å². The number of anilines is 1. The molecule has 0 aliphatic carbocycles. The van der Waals surface area contributed by atoms with E-state index in [4.69, 9.17) is 11.6 Å². The fourth-order valence-electron chi connectivity index (χ4n) is 2.09. The summed E-state index contributed by atoms with van der Waals surface area (Å²) in [5.74, 6) is 0.559. The van der Waals surface area contributed by atoms with Gasteiger partial charge in [-0.05, 0) is 23.8 Å². The predicted octanol–water partition coefficient (Wildman–Crippen LogP) is 3.80. The van der Waals surface area contributed by atoms with E-state index in [1.165, 1.54) is 18.5 Å². The summed E-state index contributed by atoms with van der Waals surface area (Å²) in [6.07, 6.45) is 1.43. The van der Waals surface area contributed by atoms with Gasteiger partial charge in [0.2, 0.25) is 0 Å². The Morgan fingerprint density at radius 3 is 2.64 bits per heavy atom. The lowest BCUT2D eigenvalue weighted by Gasteiger charge is -2.08. The number of hydrogen-bond acceptors (Lipinski definition) is 5. The first-order valence-corrected chi connectivity index (χ1v) is 6.89. The summed E-state index contributed by atoms with van der Waals surface area (Å²) in [6, 6.07) is 11.9. The SMILES string of the molecule is O=[N+]([O-])c1ccc2ncnc(NCc3ccc(Cl)cc3)c2c1. The van der Waals surface area contributed by atoms with E-state index in [1.807, 2.05) is 24.3 Å². The first-order valence-electron chi connectivity index (χ1n) is 6.51. The third-order valence-electron chi connectivity index (χ3n) is 3.20. The molecular weight excluding hydrogens is 304 g/mol. The Labute approximate surface area is 130 Å². The lowest BCUT2D eigenvalue weighted by molar-refractivity contribution is -0.384. The molecule has 0 radical (unpaired) electrons. The van der Waals surface area contributed by atoms with Crippen LogP contribution in [0.4, 0.5) is 11.5 Å². The highest BCUT2D eigenvalue weighted by Crippen LogP contribution is 2.24. The molecule has 0 bridgehead atoms. The zero-order chi connectivity index (χ0) is 15.5. The Kier molecular flexibility index (Phi) is 3.84. The van der Waals surface area contributed by atoms with Crippen molar-refractivity contribution in [1.82, 2.24) is 9.97 Å². The van der Waals surface area contributed by atoms with Crippen LogP contribution in [-0.2, 0) is 6.54 Å². The minimum atomic E-state index is -0.435. The van der Waals surface area contributed by atoms with Crippen LogP contribution < -0.4 is 5.32 Å². The number of nitrogens with zero attached hydrogens (tertiary/aromatic N) is 3. The number of rotatable bonds is 4. The van der Waals surface area contributed by atoms with Crippen molar-refractivity contribution in [3.63, 3.8) is 0 Å². The van der Waals surface area contributed by atoms with E-state index in [9.17, 15) is 10.1 Å². The van der Waals surface area contributed by atoms with Gasteiger partial charge >= 0.3 is 0 Å². The van der Waals surface area contributed by atoms with E-state index in [0.717, 1.165) is 5.56 Å². The van der Waals surface area contributed by atoms with Gasteiger partial charge in [-0.25, -0.2) is 9.97 Å². The molecule has 1 heterocycles. The maximum atomic E-state index is 10.9. The standard InChI is InChI=1S/C15H11ClN4O2/c16-11-3-1-10(2-4-11)8-17-15-13-7-12(20(21)22)5-6-14(13)18-9-19-15/h1-7,9H,8H2,(H,17,18,19). The lowest BCUT2D eigenvalue weighted by Crippen LogP contribution is -2.02. The highest BCUT2D eigenvalue weighted by atomic mass is 35.5. The summed E-state index contributed by atoms with van der Waals surface area (Å²) < 4.78 is 0. The predicted molar refractivity (Wildman–Crippen MR) is 85.0 cm³/mol. The van der Waals surface area contributed by atoms with E-state index in [-0.39, 0.29) is 5.69 Å². The second kappa shape index (κ2) is 5.95. The van der Waals surface area contributed by atoms with Crippen LogP contribution >= 0.6 is 11.6 Å². The number of nitro groups is 1. The second-order valence-corrected chi connectivity index (χ2v) is 5.10. The highest BCUT2D eigenvalue weighted by Gasteiger charge is 2.10. The summed E-state index contributed by atoms with van der Waals surface area (Å²) in [6.45, 7) is 0.534. The van der Waals surface area contributed by atoms with Gasteiger partial charge in [0.25, 0.3) is 5.69 Å². The number of nitrogens with one attached hydrogen (secondary N) is 1. The molecule has 6 nitrogen and oxygen atoms in total. The van der Waals surface area contributed by atoms with Crippen LogP contribution in [0.15, 0.2) is 48.8 Å². The van der Waals surface area contributed by atoms with Crippen LogP contribution in [0.25, 0.3) is 10.9 Å². The van der Waals surface area contributed by atoms with Crippen LogP contribution in [0.5, 0.6) is 0 Å². The molecule has 1 N–H and O–H groups in total. The Balaban J connectivity index is 1.90. The van der Waals surface area contributed by atoms with E-state index >= 15 is 0 Å². The number of aromatic nitrogens is 2. The van der Waals surface area contributed by atoms with Crippen molar-refractivity contribution in [3.05, 3.63) is 69.5 Å². The molecule has 2 aromatic carbocycles. The minimum Gasteiger partial charge on any atom is -0.365 e. The fraction of sp³-hybridized carbons (Fsp3) is 0.0667. The van der Waals surface area contributed by atoms with E-state index in [1.54, 1.807) is 6.07 Å². The van der Waals surface area contributed by atoms with Crippen LogP contribution in [0, 0.1) is 10.1 Å². The Bertz CT molecular complexity index is 837. The van der Waals surface area contributed by atoms with Gasteiger partial charge in [-0.1, -0.05) is 23.7 Å². The van der Waals surface area contributed by atoms with Crippen molar-refractivity contribution in [2.24, 2.45) is 0 Å².